The molecule has 1 unspecified atom stereocenters. The van der Waals surface area contributed by atoms with E-state index >= 15 is 0 Å². The average molecular weight is 177 g/mol. The van der Waals surface area contributed by atoms with Crippen LogP contribution in [-0.4, -0.2) is 11.3 Å². The van der Waals surface area contributed by atoms with E-state index in [1.54, 1.807) is 12.4 Å². The van der Waals surface area contributed by atoms with Crippen LogP contribution in [0.15, 0.2) is 24.5 Å². The fourth-order valence-electron chi connectivity index (χ4n) is 1.23. The zero-order valence-electron chi connectivity index (χ0n) is 8.10. The monoisotopic (exact) mass is 177 g/mol. The van der Waals surface area contributed by atoms with Gasteiger partial charge in [0.15, 0.2) is 0 Å². The number of nitrogens with zero attached hydrogens (tertiary/aromatic N) is 1. The van der Waals surface area contributed by atoms with Crippen molar-refractivity contribution in [3.05, 3.63) is 30.1 Å². The Hall–Kier alpha value is -1.18. The van der Waals surface area contributed by atoms with E-state index in [2.05, 4.69) is 18.8 Å². The molecule has 1 rings (SSSR count). The SMILES string of the molecule is CC(C)C(C=O)Cc1ccncc1. The number of carbonyl (C=O) groups is 1. The Morgan fingerprint density at radius 3 is 2.46 bits per heavy atom. The van der Waals surface area contributed by atoms with Crippen molar-refractivity contribution in [3.63, 3.8) is 0 Å². The highest BCUT2D eigenvalue weighted by Gasteiger charge is 2.12. The molecule has 0 saturated heterocycles. The van der Waals surface area contributed by atoms with E-state index < -0.39 is 0 Å². The Morgan fingerprint density at radius 2 is 2.00 bits per heavy atom. The number of hydrogen-bond acceptors (Lipinski definition) is 2. The van der Waals surface area contributed by atoms with Crippen LogP contribution < -0.4 is 0 Å². The minimum atomic E-state index is 0.127. The molecule has 0 bridgehead atoms. The summed E-state index contributed by atoms with van der Waals surface area (Å²) in [5.41, 5.74) is 1.18. The maximum atomic E-state index is 10.7. The second-order valence-corrected chi connectivity index (χ2v) is 3.60. The number of aldehydes is 1. The molecule has 0 aliphatic heterocycles. The number of hydrogen-bond donors (Lipinski definition) is 0. The van der Waals surface area contributed by atoms with Crippen LogP contribution in [0.3, 0.4) is 0 Å². The van der Waals surface area contributed by atoms with Gasteiger partial charge in [-0.2, -0.15) is 0 Å². The van der Waals surface area contributed by atoms with Crippen molar-refractivity contribution in [2.24, 2.45) is 11.8 Å². The lowest BCUT2D eigenvalue weighted by Gasteiger charge is -2.13. The van der Waals surface area contributed by atoms with Crippen LogP contribution in [-0.2, 0) is 11.2 Å². The molecule has 1 aromatic heterocycles. The second kappa shape index (κ2) is 4.75. The Labute approximate surface area is 79.0 Å². The summed E-state index contributed by atoms with van der Waals surface area (Å²) in [5.74, 6) is 0.535. The Balaban J connectivity index is 2.62. The van der Waals surface area contributed by atoms with Gasteiger partial charge in [0, 0.05) is 18.3 Å². The smallest absolute Gasteiger partial charge is 0.123 e. The largest absolute Gasteiger partial charge is 0.303 e. The molecule has 0 fully saturated rings. The van der Waals surface area contributed by atoms with Crippen LogP contribution in [0.4, 0.5) is 0 Å². The molecule has 0 N–H and O–H groups in total. The van der Waals surface area contributed by atoms with Crippen LogP contribution in [0, 0.1) is 11.8 Å². The molecule has 70 valence electrons. The molecular formula is C11H15NO. The lowest BCUT2D eigenvalue weighted by Crippen LogP contribution is -2.13. The first-order valence-corrected chi connectivity index (χ1v) is 4.58. The van der Waals surface area contributed by atoms with Crippen molar-refractivity contribution >= 4 is 6.29 Å². The number of aromatic nitrogens is 1. The third kappa shape index (κ3) is 2.98. The third-order valence-electron chi connectivity index (χ3n) is 2.25. The van der Waals surface area contributed by atoms with Gasteiger partial charge in [-0.05, 0) is 30.0 Å². The van der Waals surface area contributed by atoms with Gasteiger partial charge in [0.05, 0.1) is 0 Å². The van der Waals surface area contributed by atoms with E-state index in [0.29, 0.717) is 5.92 Å². The zero-order valence-corrected chi connectivity index (χ0v) is 8.10. The highest BCUT2D eigenvalue weighted by atomic mass is 16.1. The summed E-state index contributed by atoms with van der Waals surface area (Å²) < 4.78 is 0. The molecule has 1 heterocycles. The van der Waals surface area contributed by atoms with Crippen molar-refractivity contribution in [2.75, 3.05) is 0 Å². The number of rotatable bonds is 4. The van der Waals surface area contributed by atoms with E-state index in [1.807, 2.05) is 12.1 Å². The quantitative estimate of drug-likeness (QED) is 0.659. The zero-order chi connectivity index (χ0) is 9.68. The fourth-order valence-corrected chi connectivity index (χ4v) is 1.23. The predicted octanol–water partition coefficient (Wildman–Crippen LogP) is 2.10. The molecule has 0 spiro atoms. The van der Waals surface area contributed by atoms with Crippen LogP contribution in [0.1, 0.15) is 19.4 Å². The van der Waals surface area contributed by atoms with Gasteiger partial charge in [0.2, 0.25) is 0 Å². The van der Waals surface area contributed by atoms with E-state index in [-0.39, 0.29) is 5.92 Å². The summed E-state index contributed by atoms with van der Waals surface area (Å²) in [4.78, 5) is 14.7. The van der Waals surface area contributed by atoms with E-state index in [9.17, 15) is 4.79 Å². The Bertz CT molecular complexity index is 256. The lowest BCUT2D eigenvalue weighted by atomic mass is 9.91. The summed E-state index contributed by atoms with van der Waals surface area (Å²) in [6, 6.07) is 3.91. The highest BCUT2D eigenvalue weighted by molar-refractivity contribution is 5.54. The van der Waals surface area contributed by atoms with Gasteiger partial charge >= 0.3 is 0 Å². The van der Waals surface area contributed by atoms with Crippen molar-refractivity contribution in [1.29, 1.82) is 0 Å². The Kier molecular flexibility index (Phi) is 3.62. The van der Waals surface area contributed by atoms with Crippen LogP contribution >= 0.6 is 0 Å². The summed E-state index contributed by atoms with van der Waals surface area (Å²) in [6.45, 7) is 4.14. The first-order chi connectivity index (χ1) is 6.24. The van der Waals surface area contributed by atoms with Crippen LogP contribution in [0.25, 0.3) is 0 Å². The van der Waals surface area contributed by atoms with Gasteiger partial charge in [-0.3, -0.25) is 4.98 Å². The van der Waals surface area contributed by atoms with Gasteiger partial charge in [0.1, 0.15) is 6.29 Å². The number of pyridine rings is 1. The Morgan fingerprint density at radius 1 is 1.38 bits per heavy atom. The second-order valence-electron chi connectivity index (χ2n) is 3.60. The predicted molar refractivity (Wildman–Crippen MR) is 52.3 cm³/mol. The van der Waals surface area contributed by atoms with Gasteiger partial charge in [-0.1, -0.05) is 13.8 Å². The molecule has 0 amide bonds. The summed E-state index contributed by atoms with van der Waals surface area (Å²) >= 11 is 0. The molecule has 0 aromatic carbocycles. The topological polar surface area (TPSA) is 30.0 Å². The van der Waals surface area contributed by atoms with E-state index in [0.717, 1.165) is 12.7 Å². The molecule has 13 heavy (non-hydrogen) atoms. The van der Waals surface area contributed by atoms with Crippen LogP contribution in [0.2, 0.25) is 0 Å². The molecule has 1 aromatic rings. The van der Waals surface area contributed by atoms with E-state index in [1.165, 1.54) is 5.56 Å². The van der Waals surface area contributed by atoms with Crippen molar-refractivity contribution < 1.29 is 4.79 Å². The standard InChI is InChI=1S/C11H15NO/c1-9(2)11(8-13)7-10-3-5-12-6-4-10/h3-6,8-9,11H,7H2,1-2H3. The van der Waals surface area contributed by atoms with Crippen molar-refractivity contribution in [2.45, 2.75) is 20.3 Å². The molecule has 2 heteroatoms. The van der Waals surface area contributed by atoms with Crippen molar-refractivity contribution in [3.8, 4) is 0 Å². The molecule has 1 atom stereocenters. The highest BCUT2D eigenvalue weighted by Crippen LogP contribution is 2.14. The van der Waals surface area contributed by atoms with Gasteiger partial charge in [0.25, 0.3) is 0 Å². The minimum absolute atomic E-state index is 0.127. The molecule has 0 aliphatic carbocycles. The van der Waals surface area contributed by atoms with Gasteiger partial charge < -0.3 is 4.79 Å². The molecule has 0 radical (unpaired) electrons. The molecule has 2 nitrogen and oxygen atoms in total. The maximum absolute atomic E-state index is 10.7. The lowest BCUT2D eigenvalue weighted by molar-refractivity contribution is -0.112. The summed E-state index contributed by atoms with van der Waals surface area (Å²) in [5, 5.41) is 0. The first kappa shape index (κ1) is 9.90. The molecule has 0 saturated carbocycles. The summed E-state index contributed by atoms with van der Waals surface area (Å²) in [6.07, 6.45) is 5.39. The van der Waals surface area contributed by atoms with Crippen LogP contribution in [0.5, 0.6) is 0 Å². The van der Waals surface area contributed by atoms with Gasteiger partial charge in [-0.15, -0.1) is 0 Å². The number of carbonyl (C=O) groups excluding carboxylic acids is 1. The summed E-state index contributed by atoms with van der Waals surface area (Å²) in [7, 11) is 0. The third-order valence-corrected chi connectivity index (χ3v) is 2.25. The van der Waals surface area contributed by atoms with Gasteiger partial charge in [-0.25, -0.2) is 0 Å². The minimum Gasteiger partial charge on any atom is -0.303 e. The molecular weight excluding hydrogens is 162 g/mol. The fraction of sp³-hybridized carbons (Fsp3) is 0.455. The molecule has 0 aliphatic rings. The van der Waals surface area contributed by atoms with Crippen molar-refractivity contribution in [1.82, 2.24) is 4.98 Å². The average Bonchev–Trinajstić information content (AvgIpc) is 2.15. The normalized spacial score (nSPS) is 12.8. The first-order valence-electron chi connectivity index (χ1n) is 4.58. The van der Waals surface area contributed by atoms with E-state index in [4.69, 9.17) is 0 Å². The maximum Gasteiger partial charge on any atom is 0.123 e.